The second-order valence-corrected chi connectivity index (χ2v) is 7.10. The Bertz CT molecular complexity index is 515. The summed E-state index contributed by atoms with van der Waals surface area (Å²) in [6.45, 7) is 3.77. The maximum Gasteiger partial charge on any atom is 0.260 e. The van der Waals surface area contributed by atoms with Crippen molar-refractivity contribution in [3.05, 3.63) is 12.3 Å². The zero-order valence-electron chi connectivity index (χ0n) is 10.8. The summed E-state index contributed by atoms with van der Waals surface area (Å²) in [6.07, 6.45) is 3.11. The lowest BCUT2D eigenvalue weighted by Gasteiger charge is -2.37. The molecule has 1 aliphatic heterocycles. The second kappa shape index (κ2) is 4.64. The van der Waals surface area contributed by atoms with E-state index >= 15 is 0 Å². The van der Waals surface area contributed by atoms with Gasteiger partial charge in [-0.15, -0.1) is 0 Å². The highest BCUT2D eigenvalue weighted by Crippen LogP contribution is 2.31. The predicted octanol–water partition coefficient (Wildman–Crippen LogP) is 0.170. The average Bonchev–Trinajstić information content (AvgIpc) is 2.77. The van der Waals surface area contributed by atoms with Crippen molar-refractivity contribution < 1.29 is 8.42 Å². The molecule has 0 spiro atoms. The quantitative estimate of drug-likeness (QED) is 0.850. The fraction of sp³-hybridized carbons (Fsp3) is 0.727. The summed E-state index contributed by atoms with van der Waals surface area (Å²) >= 11 is 0. The van der Waals surface area contributed by atoms with Crippen molar-refractivity contribution in [2.75, 3.05) is 19.6 Å². The van der Waals surface area contributed by atoms with E-state index in [9.17, 15) is 8.42 Å². The number of nitrogens with zero attached hydrogens (tertiary/aromatic N) is 3. The minimum Gasteiger partial charge on any atom is -0.330 e. The molecule has 0 saturated carbocycles. The van der Waals surface area contributed by atoms with Gasteiger partial charge in [0, 0.05) is 20.1 Å². The van der Waals surface area contributed by atoms with Crippen LogP contribution in [0, 0.1) is 5.41 Å². The molecule has 1 saturated heterocycles. The SMILES string of the molecule is Cn1nccc1S(=O)(=O)N1CCC(C)(CN)CC1. The number of sulfonamides is 1. The molecule has 102 valence electrons. The van der Waals surface area contributed by atoms with Gasteiger partial charge in [0.2, 0.25) is 0 Å². The lowest BCUT2D eigenvalue weighted by molar-refractivity contribution is 0.182. The molecule has 0 aliphatic carbocycles. The Morgan fingerprint density at radius 3 is 2.50 bits per heavy atom. The molecular weight excluding hydrogens is 252 g/mol. The van der Waals surface area contributed by atoms with Gasteiger partial charge in [-0.05, 0) is 30.9 Å². The van der Waals surface area contributed by atoms with Crippen LogP contribution in [0.25, 0.3) is 0 Å². The Kier molecular flexibility index (Phi) is 3.48. The summed E-state index contributed by atoms with van der Waals surface area (Å²) in [5.74, 6) is 0. The van der Waals surface area contributed by atoms with E-state index in [1.54, 1.807) is 7.05 Å². The van der Waals surface area contributed by atoms with E-state index in [0.29, 0.717) is 19.6 Å². The van der Waals surface area contributed by atoms with Crippen LogP contribution in [-0.2, 0) is 17.1 Å². The lowest BCUT2D eigenvalue weighted by Crippen LogP contribution is -2.45. The van der Waals surface area contributed by atoms with E-state index in [0.717, 1.165) is 12.8 Å². The molecule has 1 aromatic heterocycles. The normalized spacial score (nSPS) is 21.1. The second-order valence-electron chi connectivity index (χ2n) is 5.21. The van der Waals surface area contributed by atoms with Gasteiger partial charge in [0.25, 0.3) is 10.0 Å². The largest absolute Gasteiger partial charge is 0.330 e. The summed E-state index contributed by atoms with van der Waals surface area (Å²) in [5.41, 5.74) is 5.80. The van der Waals surface area contributed by atoms with Gasteiger partial charge in [-0.25, -0.2) is 8.42 Å². The van der Waals surface area contributed by atoms with Gasteiger partial charge in [-0.1, -0.05) is 6.92 Å². The molecule has 0 unspecified atom stereocenters. The maximum absolute atomic E-state index is 12.4. The molecule has 18 heavy (non-hydrogen) atoms. The van der Waals surface area contributed by atoms with Crippen LogP contribution in [0.4, 0.5) is 0 Å². The number of piperidine rings is 1. The minimum absolute atomic E-state index is 0.0679. The number of hydrogen-bond acceptors (Lipinski definition) is 4. The van der Waals surface area contributed by atoms with Gasteiger partial charge < -0.3 is 5.73 Å². The molecule has 2 rings (SSSR count). The lowest BCUT2D eigenvalue weighted by atomic mass is 9.81. The van der Waals surface area contributed by atoms with Crippen LogP contribution in [-0.4, -0.2) is 42.1 Å². The van der Waals surface area contributed by atoms with Crippen LogP contribution < -0.4 is 5.73 Å². The van der Waals surface area contributed by atoms with E-state index in [4.69, 9.17) is 5.73 Å². The van der Waals surface area contributed by atoms with E-state index in [2.05, 4.69) is 12.0 Å². The van der Waals surface area contributed by atoms with Crippen molar-refractivity contribution in [3.63, 3.8) is 0 Å². The third-order valence-corrected chi connectivity index (χ3v) is 5.78. The van der Waals surface area contributed by atoms with Crippen molar-refractivity contribution in [1.82, 2.24) is 14.1 Å². The average molecular weight is 272 g/mol. The smallest absolute Gasteiger partial charge is 0.260 e. The van der Waals surface area contributed by atoms with Crippen LogP contribution in [0.5, 0.6) is 0 Å². The van der Waals surface area contributed by atoms with Crippen molar-refractivity contribution >= 4 is 10.0 Å². The monoisotopic (exact) mass is 272 g/mol. The highest BCUT2D eigenvalue weighted by Gasteiger charge is 2.35. The molecule has 0 amide bonds. The molecule has 0 aromatic carbocycles. The van der Waals surface area contributed by atoms with Gasteiger partial charge in [0.1, 0.15) is 0 Å². The molecule has 0 radical (unpaired) electrons. The fourth-order valence-electron chi connectivity index (χ4n) is 2.22. The molecule has 0 bridgehead atoms. The number of aromatic nitrogens is 2. The molecule has 2 N–H and O–H groups in total. The Labute approximate surface area is 108 Å². The highest BCUT2D eigenvalue weighted by molar-refractivity contribution is 7.89. The van der Waals surface area contributed by atoms with E-state index in [-0.39, 0.29) is 10.4 Å². The first-order valence-electron chi connectivity index (χ1n) is 6.07. The summed E-state index contributed by atoms with van der Waals surface area (Å²) in [5, 5.41) is 4.16. The summed E-state index contributed by atoms with van der Waals surface area (Å²) < 4.78 is 27.7. The van der Waals surface area contributed by atoms with Gasteiger partial charge in [-0.2, -0.15) is 9.40 Å². The van der Waals surface area contributed by atoms with Crippen LogP contribution in [0.15, 0.2) is 17.3 Å². The number of nitrogens with two attached hydrogens (primary N) is 1. The number of hydrogen-bond donors (Lipinski definition) is 1. The third kappa shape index (κ3) is 2.30. The van der Waals surface area contributed by atoms with Crippen molar-refractivity contribution in [2.24, 2.45) is 18.2 Å². The molecule has 1 fully saturated rings. The van der Waals surface area contributed by atoms with Crippen LogP contribution in [0.2, 0.25) is 0 Å². The summed E-state index contributed by atoms with van der Waals surface area (Å²) in [6, 6.07) is 1.53. The topological polar surface area (TPSA) is 81.2 Å². The highest BCUT2D eigenvalue weighted by atomic mass is 32.2. The van der Waals surface area contributed by atoms with Crippen molar-refractivity contribution in [3.8, 4) is 0 Å². The van der Waals surface area contributed by atoms with Gasteiger partial charge >= 0.3 is 0 Å². The maximum atomic E-state index is 12.4. The first kappa shape index (κ1) is 13.5. The molecule has 7 heteroatoms. The summed E-state index contributed by atoms with van der Waals surface area (Å²) in [7, 11) is -1.78. The molecule has 1 aromatic rings. The van der Waals surface area contributed by atoms with E-state index in [1.165, 1.54) is 21.3 Å². The van der Waals surface area contributed by atoms with Crippen LogP contribution >= 0.6 is 0 Å². The molecule has 6 nitrogen and oxygen atoms in total. The Hall–Kier alpha value is -0.920. The van der Waals surface area contributed by atoms with Gasteiger partial charge in [0.05, 0.1) is 6.20 Å². The van der Waals surface area contributed by atoms with E-state index < -0.39 is 10.0 Å². The van der Waals surface area contributed by atoms with Crippen LogP contribution in [0.3, 0.4) is 0 Å². The fourth-order valence-corrected chi connectivity index (χ4v) is 3.76. The van der Waals surface area contributed by atoms with Crippen LogP contribution in [0.1, 0.15) is 19.8 Å². The minimum atomic E-state index is -3.41. The van der Waals surface area contributed by atoms with Gasteiger partial charge in [-0.3, -0.25) is 4.68 Å². The standard InChI is InChI=1S/C11H20N4O2S/c1-11(9-12)4-7-15(8-5-11)18(16,17)10-3-6-13-14(10)2/h3,6H,4-5,7-9,12H2,1-2H3. The zero-order chi connectivity index (χ0) is 13.4. The molecular formula is C11H20N4O2S. The predicted molar refractivity (Wildman–Crippen MR) is 68.4 cm³/mol. The Morgan fingerprint density at radius 1 is 1.44 bits per heavy atom. The third-order valence-electron chi connectivity index (χ3n) is 3.80. The number of rotatable bonds is 3. The molecule has 0 atom stereocenters. The zero-order valence-corrected chi connectivity index (χ0v) is 11.7. The van der Waals surface area contributed by atoms with Crippen molar-refractivity contribution in [2.45, 2.75) is 24.8 Å². The first-order chi connectivity index (χ1) is 8.39. The Morgan fingerprint density at radius 2 is 2.06 bits per heavy atom. The van der Waals surface area contributed by atoms with Gasteiger partial charge in [0.15, 0.2) is 5.03 Å². The summed E-state index contributed by atoms with van der Waals surface area (Å²) in [4.78, 5) is 0. The van der Waals surface area contributed by atoms with E-state index in [1.807, 2.05) is 0 Å². The molecule has 1 aliphatic rings. The number of aryl methyl sites for hydroxylation is 1. The molecule has 2 heterocycles. The Balaban J connectivity index is 2.17. The first-order valence-corrected chi connectivity index (χ1v) is 7.51. The van der Waals surface area contributed by atoms with Crippen molar-refractivity contribution in [1.29, 1.82) is 0 Å².